The lowest BCUT2D eigenvalue weighted by molar-refractivity contribution is 0.0696. The van der Waals surface area contributed by atoms with Gasteiger partial charge in [0.2, 0.25) is 0 Å². The molecule has 112 valence electrons. The summed E-state index contributed by atoms with van der Waals surface area (Å²) in [6.45, 7) is 0. The summed E-state index contributed by atoms with van der Waals surface area (Å²) < 4.78 is 0. The summed E-state index contributed by atoms with van der Waals surface area (Å²) in [5, 5.41) is 20.8. The van der Waals surface area contributed by atoms with Gasteiger partial charge in [-0.15, -0.1) is 0 Å². The monoisotopic (exact) mass is 294 g/mol. The predicted molar refractivity (Wildman–Crippen MR) is 75.1 cm³/mol. The van der Waals surface area contributed by atoms with E-state index >= 15 is 0 Å². The highest BCUT2D eigenvalue weighted by atomic mass is 16.4. The molecule has 0 saturated carbocycles. The van der Waals surface area contributed by atoms with Gasteiger partial charge in [-0.05, 0) is 30.3 Å². The minimum Gasteiger partial charge on any atom is -0.478 e. The number of nitrogens with one attached hydrogen (secondary N) is 1. The first-order valence-electron chi connectivity index (χ1n) is 5.36. The number of aromatic nitrogens is 1. The molecule has 8 heteroatoms. The van der Waals surface area contributed by atoms with Crippen molar-refractivity contribution in [1.29, 1.82) is 0 Å². The van der Waals surface area contributed by atoms with Crippen molar-refractivity contribution in [2.75, 3.05) is 5.32 Å². The van der Waals surface area contributed by atoms with Crippen molar-refractivity contribution in [3.63, 3.8) is 0 Å². The van der Waals surface area contributed by atoms with Gasteiger partial charge in [-0.25, -0.2) is 14.6 Å². The summed E-state index contributed by atoms with van der Waals surface area (Å²) in [6, 6.07) is 9.01. The Morgan fingerprint density at radius 1 is 1.00 bits per heavy atom. The fourth-order valence-corrected chi connectivity index (χ4v) is 1.54. The van der Waals surface area contributed by atoms with Gasteiger partial charge in [0.25, 0.3) is 0 Å². The maximum absolute atomic E-state index is 11.1. The summed E-state index contributed by atoms with van der Waals surface area (Å²) in [6.07, 6.45) is 1.56. The maximum Gasteiger partial charge on any atom is 0.337 e. The number of carboxylic acids is 2. The number of carbonyl (C=O) groups is 2. The van der Waals surface area contributed by atoms with Crippen LogP contribution in [-0.4, -0.2) is 38.1 Å². The van der Waals surface area contributed by atoms with Crippen LogP contribution < -0.4 is 5.32 Å². The maximum atomic E-state index is 11.1. The second-order valence-corrected chi connectivity index (χ2v) is 3.71. The minimum absolute atomic E-state index is 0. The van der Waals surface area contributed by atoms with Gasteiger partial charge in [0, 0.05) is 6.20 Å². The van der Waals surface area contributed by atoms with E-state index in [-0.39, 0.29) is 27.8 Å². The number of pyridine rings is 1. The van der Waals surface area contributed by atoms with E-state index in [4.69, 9.17) is 10.2 Å². The molecule has 21 heavy (non-hydrogen) atoms. The standard InChI is InChI=1S/C13H10N2O4.2H2O/c16-12(17)8-4-5-10(9(7-8)13(18)19)15-11-3-1-2-6-14-11;;/h1-7H,(H,14,15)(H,16,17)(H,18,19);2*1H2. The van der Waals surface area contributed by atoms with Gasteiger partial charge in [0.05, 0.1) is 16.8 Å². The second kappa shape index (κ2) is 7.58. The number of aromatic carboxylic acids is 2. The smallest absolute Gasteiger partial charge is 0.337 e. The van der Waals surface area contributed by atoms with E-state index in [0.29, 0.717) is 5.82 Å². The molecule has 0 spiro atoms. The first kappa shape index (κ1) is 18.0. The number of nitrogens with zero attached hydrogens (tertiary/aromatic N) is 1. The molecule has 0 fully saturated rings. The molecule has 7 N–H and O–H groups in total. The third kappa shape index (κ3) is 4.27. The highest BCUT2D eigenvalue weighted by Crippen LogP contribution is 2.21. The van der Waals surface area contributed by atoms with Crippen molar-refractivity contribution in [1.82, 2.24) is 4.98 Å². The summed E-state index contributed by atoms with van der Waals surface area (Å²) in [4.78, 5) is 26.0. The molecule has 0 aliphatic rings. The molecule has 0 radical (unpaired) electrons. The summed E-state index contributed by atoms with van der Waals surface area (Å²) in [5.74, 6) is -1.90. The van der Waals surface area contributed by atoms with Crippen molar-refractivity contribution in [3.05, 3.63) is 53.7 Å². The van der Waals surface area contributed by atoms with Crippen molar-refractivity contribution < 1.29 is 30.8 Å². The average Bonchev–Trinajstić information content (AvgIpc) is 2.39. The normalized spacial score (nSPS) is 8.95. The van der Waals surface area contributed by atoms with Crippen LogP contribution in [0.5, 0.6) is 0 Å². The Morgan fingerprint density at radius 2 is 1.71 bits per heavy atom. The van der Waals surface area contributed by atoms with Crippen LogP contribution in [-0.2, 0) is 0 Å². The van der Waals surface area contributed by atoms with Crippen LogP contribution in [0.15, 0.2) is 42.6 Å². The largest absolute Gasteiger partial charge is 0.478 e. The Bertz CT molecular complexity index is 630. The van der Waals surface area contributed by atoms with E-state index in [1.165, 1.54) is 12.1 Å². The van der Waals surface area contributed by atoms with Crippen molar-refractivity contribution in [3.8, 4) is 0 Å². The summed E-state index contributed by atoms with van der Waals surface area (Å²) in [7, 11) is 0. The Morgan fingerprint density at radius 3 is 2.24 bits per heavy atom. The van der Waals surface area contributed by atoms with Gasteiger partial charge in [-0.1, -0.05) is 6.07 Å². The van der Waals surface area contributed by atoms with Gasteiger partial charge < -0.3 is 26.5 Å². The highest BCUT2D eigenvalue weighted by Gasteiger charge is 2.14. The highest BCUT2D eigenvalue weighted by molar-refractivity contribution is 5.98. The summed E-state index contributed by atoms with van der Waals surface area (Å²) in [5.41, 5.74) is 0.0886. The van der Waals surface area contributed by atoms with E-state index in [9.17, 15) is 9.59 Å². The Kier molecular flexibility index (Phi) is 6.51. The predicted octanol–water partition coefficient (Wildman–Crippen LogP) is 0.572. The van der Waals surface area contributed by atoms with Crippen LogP contribution in [0.25, 0.3) is 0 Å². The van der Waals surface area contributed by atoms with Gasteiger partial charge in [0.15, 0.2) is 0 Å². The van der Waals surface area contributed by atoms with Gasteiger partial charge >= 0.3 is 11.9 Å². The lowest BCUT2D eigenvalue weighted by Gasteiger charge is -2.09. The number of carboxylic acid groups (broad SMARTS) is 2. The third-order valence-corrected chi connectivity index (χ3v) is 2.42. The summed E-state index contributed by atoms with van der Waals surface area (Å²) >= 11 is 0. The number of rotatable bonds is 4. The zero-order valence-electron chi connectivity index (χ0n) is 10.7. The van der Waals surface area contributed by atoms with E-state index in [1.54, 1.807) is 24.4 Å². The van der Waals surface area contributed by atoms with Crippen LogP contribution >= 0.6 is 0 Å². The fourth-order valence-electron chi connectivity index (χ4n) is 1.54. The lowest BCUT2D eigenvalue weighted by atomic mass is 10.1. The number of benzene rings is 1. The van der Waals surface area contributed by atoms with Crippen LogP contribution in [0, 0.1) is 0 Å². The zero-order valence-corrected chi connectivity index (χ0v) is 10.7. The third-order valence-electron chi connectivity index (χ3n) is 2.42. The Balaban J connectivity index is 0.00000200. The van der Waals surface area contributed by atoms with Gasteiger partial charge in [0.1, 0.15) is 5.82 Å². The quantitative estimate of drug-likeness (QED) is 0.746. The molecule has 0 amide bonds. The molecule has 1 heterocycles. The second-order valence-electron chi connectivity index (χ2n) is 3.71. The van der Waals surface area contributed by atoms with Crippen molar-refractivity contribution >= 4 is 23.4 Å². The van der Waals surface area contributed by atoms with Crippen LogP contribution in [0.1, 0.15) is 20.7 Å². The molecule has 0 atom stereocenters. The first-order valence-corrected chi connectivity index (χ1v) is 5.36. The molecule has 0 saturated heterocycles. The van der Waals surface area contributed by atoms with Crippen LogP contribution in [0.2, 0.25) is 0 Å². The first-order chi connectivity index (χ1) is 9.08. The average molecular weight is 294 g/mol. The molecule has 2 rings (SSSR count). The molecule has 1 aromatic carbocycles. The molecule has 0 bridgehead atoms. The van der Waals surface area contributed by atoms with Crippen molar-refractivity contribution in [2.24, 2.45) is 0 Å². The van der Waals surface area contributed by atoms with E-state index in [0.717, 1.165) is 6.07 Å². The fraction of sp³-hybridized carbons (Fsp3) is 0. The molecule has 0 aliphatic carbocycles. The van der Waals surface area contributed by atoms with E-state index in [2.05, 4.69) is 10.3 Å². The molecule has 0 aliphatic heterocycles. The van der Waals surface area contributed by atoms with Crippen LogP contribution in [0.3, 0.4) is 0 Å². The van der Waals surface area contributed by atoms with Gasteiger partial charge in [-0.2, -0.15) is 0 Å². The Hall–Kier alpha value is -2.97. The van der Waals surface area contributed by atoms with Gasteiger partial charge in [-0.3, -0.25) is 0 Å². The minimum atomic E-state index is -1.21. The molecular weight excluding hydrogens is 280 g/mol. The molecule has 8 nitrogen and oxygen atoms in total. The van der Waals surface area contributed by atoms with Crippen LogP contribution in [0.4, 0.5) is 11.5 Å². The molecule has 1 aromatic heterocycles. The number of anilines is 2. The number of hydrogen-bond donors (Lipinski definition) is 3. The number of hydrogen-bond acceptors (Lipinski definition) is 4. The van der Waals surface area contributed by atoms with Crippen molar-refractivity contribution in [2.45, 2.75) is 0 Å². The topological polar surface area (TPSA) is 163 Å². The van der Waals surface area contributed by atoms with E-state index < -0.39 is 11.9 Å². The Labute approximate surface area is 119 Å². The SMILES string of the molecule is O.O.O=C(O)c1ccc(Nc2ccccn2)c(C(=O)O)c1. The molecule has 0 unspecified atom stereocenters. The lowest BCUT2D eigenvalue weighted by Crippen LogP contribution is -2.06. The zero-order chi connectivity index (χ0) is 13.8. The molecule has 2 aromatic rings. The van der Waals surface area contributed by atoms with E-state index in [1.807, 2.05) is 0 Å². The molecular formula is C13H14N2O6.